The van der Waals surface area contributed by atoms with Gasteiger partial charge in [0.15, 0.2) is 12.1 Å². The molecule has 0 radical (unpaired) electrons. The largest absolute Gasteiger partial charge is 0.477 e. The van der Waals surface area contributed by atoms with Crippen LogP contribution in [0.15, 0.2) is 36.5 Å². The second-order valence-corrected chi connectivity index (χ2v) is 17.8. The molecule has 0 saturated heterocycles. The maximum absolute atomic E-state index is 12.7. The average Bonchev–Trinajstić information content (AvgIpc) is 3.19. The first-order valence-corrected chi connectivity index (χ1v) is 24.6. The number of aliphatic carboxylic acids is 1. The molecule has 1 N–H and O–H groups in total. The van der Waals surface area contributed by atoms with Crippen LogP contribution >= 0.6 is 0 Å². The fourth-order valence-electron chi connectivity index (χ4n) is 7.33. The molecule has 0 aromatic heterocycles. The zero-order valence-corrected chi connectivity index (χ0v) is 39.2. The van der Waals surface area contributed by atoms with Crippen molar-refractivity contribution in [1.29, 1.82) is 0 Å². The van der Waals surface area contributed by atoms with E-state index < -0.39 is 18.1 Å². The van der Waals surface area contributed by atoms with Gasteiger partial charge in [0, 0.05) is 19.3 Å². The monoisotopic (exact) mass is 833 g/mol. The third-order valence-corrected chi connectivity index (χ3v) is 11.1. The summed E-state index contributed by atoms with van der Waals surface area (Å²) in [6.45, 7) is 4.62. The lowest BCUT2D eigenvalue weighted by atomic mass is 10.0. The SMILES string of the molecule is CC/C=C/C=C/C=C/CCCCCCCCCC(=O)OC(COCCC(C(=O)O)[N+](C)(C)C)COC(=O)CCCCCCCCCCCCCCCCCCCCCC. The molecule has 0 spiro atoms. The number of allylic oxidation sites excluding steroid dienone is 6. The third kappa shape index (κ3) is 40.7. The summed E-state index contributed by atoms with van der Waals surface area (Å²) in [5, 5.41) is 9.64. The first kappa shape index (κ1) is 56.5. The Morgan fingerprint density at radius 3 is 1.39 bits per heavy atom. The summed E-state index contributed by atoms with van der Waals surface area (Å²) in [5.74, 6) is -1.47. The Balaban J connectivity index is 4.23. The van der Waals surface area contributed by atoms with Crippen LogP contribution in [-0.2, 0) is 28.6 Å². The van der Waals surface area contributed by atoms with Gasteiger partial charge in [-0.1, -0.05) is 204 Å². The molecule has 0 aromatic rings. The molecule has 0 aliphatic heterocycles. The number of unbranched alkanes of at least 4 members (excludes halogenated alkanes) is 26. The smallest absolute Gasteiger partial charge is 0.362 e. The lowest BCUT2D eigenvalue weighted by Gasteiger charge is -2.31. The van der Waals surface area contributed by atoms with E-state index in [1.165, 1.54) is 128 Å². The number of rotatable bonds is 44. The average molecular weight is 833 g/mol. The molecule has 0 aliphatic carbocycles. The molecule has 344 valence electrons. The lowest BCUT2D eigenvalue weighted by molar-refractivity contribution is -0.887. The Hall–Kier alpha value is -2.45. The molecule has 8 nitrogen and oxygen atoms in total. The Kier molecular flexibility index (Phi) is 40.5. The van der Waals surface area contributed by atoms with Gasteiger partial charge in [-0.15, -0.1) is 0 Å². The fourth-order valence-corrected chi connectivity index (χ4v) is 7.33. The second kappa shape index (κ2) is 42.2. The highest BCUT2D eigenvalue weighted by atomic mass is 16.6. The summed E-state index contributed by atoms with van der Waals surface area (Å²) in [4.78, 5) is 37.1. The minimum atomic E-state index is -0.876. The van der Waals surface area contributed by atoms with E-state index in [0.29, 0.717) is 19.3 Å². The third-order valence-electron chi connectivity index (χ3n) is 11.1. The van der Waals surface area contributed by atoms with Gasteiger partial charge in [0.2, 0.25) is 0 Å². The first-order chi connectivity index (χ1) is 28.6. The molecule has 0 saturated carbocycles. The van der Waals surface area contributed by atoms with E-state index >= 15 is 0 Å². The number of quaternary nitrogens is 1. The van der Waals surface area contributed by atoms with E-state index in [0.717, 1.165) is 57.8 Å². The number of likely N-dealkylation sites (N-methyl/N-ethyl adjacent to an activating group) is 1. The number of carbonyl (C=O) groups is 3. The van der Waals surface area contributed by atoms with Crippen molar-refractivity contribution in [1.82, 2.24) is 0 Å². The van der Waals surface area contributed by atoms with Gasteiger partial charge in [0.05, 0.1) is 34.4 Å². The molecule has 0 heterocycles. The number of esters is 2. The van der Waals surface area contributed by atoms with E-state index in [-0.39, 0.29) is 36.2 Å². The molecule has 0 aliphatic rings. The zero-order valence-electron chi connectivity index (χ0n) is 39.2. The van der Waals surface area contributed by atoms with Gasteiger partial charge in [-0.25, -0.2) is 4.79 Å². The topological polar surface area (TPSA) is 99.1 Å². The maximum atomic E-state index is 12.7. The molecule has 0 amide bonds. The number of carboxylic acids is 1. The fraction of sp³-hybridized carbons (Fsp3) is 0.824. The number of ether oxygens (including phenoxy) is 3. The molecule has 0 aromatic carbocycles. The highest BCUT2D eigenvalue weighted by Gasteiger charge is 2.31. The van der Waals surface area contributed by atoms with Crippen LogP contribution in [0.2, 0.25) is 0 Å². The van der Waals surface area contributed by atoms with E-state index in [2.05, 4.69) is 50.3 Å². The zero-order chi connectivity index (χ0) is 43.5. The van der Waals surface area contributed by atoms with Crippen LogP contribution in [-0.4, -0.2) is 80.6 Å². The molecule has 0 rings (SSSR count). The number of nitrogens with zero attached hydrogens (tertiary/aromatic N) is 1. The van der Waals surface area contributed by atoms with Crippen LogP contribution in [0.25, 0.3) is 0 Å². The Labute approximate surface area is 364 Å². The second-order valence-electron chi connectivity index (χ2n) is 17.8. The molecular weight excluding hydrogens is 739 g/mol. The summed E-state index contributed by atoms with van der Waals surface area (Å²) in [5.41, 5.74) is 0. The quantitative estimate of drug-likeness (QED) is 0.0282. The number of hydrogen-bond acceptors (Lipinski definition) is 6. The highest BCUT2D eigenvalue weighted by molar-refractivity contribution is 5.72. The van der Waals surface area contributed by atoms with Gasteiger partial charge in [-0.05, 0) is 32.1 Å². The van der Waals surface area contributed by atoms with Crippen LogP contribution in [0.1, 0.15) is 219 Å². The van der Waals surface area contributed by atoms with Crippen molar-refractivity contribution in [3.63, 3.8) is 0 Å². The van der Waals surface area contributed by atoms with Crippen molar-refractivity contribution in [3.05, 3.63) is 36.5 Å². The van der Waals surface area contributed by atoms with Gasteiger partial charge >= 0.3 is 17.9 Å². The van der Waals surface area contributed by atoms with Gasteiger partial charge in [0.1, 0.15) is 6.61 Å². The maximum Gasteiger partial charge on any atom is 0.362 e. The van der Waals surface area contributed by atoms with E-state index in [9.17, 15) is 19.5 Å². The Bertz CT molecular complexity index is 1060. The van der Waals surface area contributed by atoms with Gasteiger partial charge in [0.25, 0.3) is 0 Å². The van der Waals surface area contributed by atoms with Crippen molar-refractivity contribution in [2.75, 3.05) is 41.0 Å². The predicted octanol–water partition coefficient (Wildman–Crippen LogP) is 13.8. The van der Waals surface area contributed by atoms with Crippen molar-refractivity contribution in [2.24, 2.45) is 0 Å². The first-order valence-electron chi connectivity index (χ1n) is 24.6. The number of carboxylic acid groups (broad SMARTS) is 1. The minimum absolute atomic E-state index is 0.0527. The molecule has 2 unspecified atom stereocenters. The molecular formula is C51H94NO7+. The summed E-state index contributed by atoms with van der Waals surface area (Å²) in [7, 11) is 5.53. The summed E-state index contributed by atoms with van der Waals surface area (Å²) in [6, 6.07) is -0.616. The summed E-state index contributed by atoms with van der Waals surface area (Å²) in [6.07, 6.45) is 49.1. The van der Waals surface area contributed by atoms with Crippen LogP contribution in [0.5, 0.6) is 0 Å². The van der Waals surface area contributed by atoms with Gasteiger partial charge in [-0.2, -0.15) is 0 Å². The number of carbonyl (C=O) groups excluding carboxylic acids is 2. The Morgan fingerprint density at radius 2 is 0.949 bits per heavy atom. The summed E-state index contributed by atoms with van der Waals surface area (Å²) >= 11 is 0. The van der Waals surface area contributed by atoms with Crippen molar-refractivity contribution >= 4 is 17.9 Å². The van der Waals surface area contributed by atoms with Crippen molar-refractivity contribution < 1.29 is 38.2 Å². The van der Waals surface area contributed by atoms with E-state index in [1.54, 1.807) is 0 Å². The molecule has 0 bridgehead atoms. The van der Waals surface area contributed by atoms with Crippen LogP contribution in [0.4, 0.5) is 0 Å². The van der Waals surface area contributed by atoms with Crippen LogP contribution in [0.3, 0.4) is 0 Å². The Morgan fingerprint density at radius 1 is 0.525 bits per heavy atom. The normalized spacial score (nSPS) is 13.2. The molecule has 0 fully saturated rings. The molecule has 2 atom stereocenters. The highest BCUT2D eigenvalue weighted by Crippen LogP contribution is 2.16. The molecule has 8 heteroatoms. The molecule has 59 heavy (non-hydrogen) atoms. The van der Waals surface area contributed by atoms with Gasteiger partial charge < -0.3 is 23.8 Å². The van der Waals surface area contributed by atoms with Crippen molar-refractivity contribution in [3.8, 4) is 0 Å². The minimum Gasteiger partial charge on any atom is -0.477 e. The summed E-state index contributed by atoms with van der Waals surface area (Å²) < 4.78 is 17.3. The lowest BCUT2D eigenvalue weighted by Crippen LogP contribution is -2.50. The van der Waals surface area contributed by atoms with Gasteiger partial charge in [-0.3, -0.25) is 9.59 Å². The standard InChI is InChI=1S/C51H93NO7/c1-6-8-10-12-14-16-18-20-22-23-24-25-26-28-29-31-33-35-37-39-41-49(53)58-46-47(45-57-44-43-48(51(55)56)52(3,4)5)59-50(54)42-40-38-36-34-32-30-27-21-19-17-15-13-11-9-7-2/h9,11,13,15,17,19,47-48H,6-8,10,12,14,16,18,20-46H2,1-5H3/p+1/b11-9+,15-13+,19-17+. The van der Waals surface area contributed by atoms with Crippen LogP contribution in [0, 0.1) is 0 Å². The predicted molar refractivity (Wildman–Crippen MR) is 248 cm³/mol. The van der Waals surface area contributed by atoms with E-state index in [4.69, 9.17) is 14.2 Å². The number of hydrogen-bond donors (Lipinski definition) is 1. The van der Waals surface area contributed by atoms with Crippen LogP contribution < -0.4 is 0 Å². The van der Waals surface area contributed by atoms with E-state index in [1.807, 2.05) is 21.1 Å². The van der Waals surface area contributed by atoms with Crippen molar-refractivity contribution in [2.45, 2.75) is 231 Å².